The first-order valence-electron chi connectivity index (χ1n) is 5.92. The average molecular weight is 249 g/mol. The fourth-order valence-electron chi connectivity index (χ4n) is 1.47. The Hall–Kier alpha value is -2.04. The van der Waals surface area contributed by atoms with Crippen molar-refractivity contribution in [2.75, 3.05) is 12.3 Å². The molecule has 0 heterocycles. The van der Waals surface area contributed by atoms with Crippen molar-refractivity contribution in [1.29, 1.82) is 0 Å². The van der Waals surface area contributed by atoms with Gasteiger partial charge >= 0.3 is 0 Å². The first-order valence-corrected chi connectivity index (χ1v) is 5.92. The van der Waals surface area contributed by atoms with Crippen LogP contribution >= 0.6 is 0 Å². The van der Waals surface area contributed by atoms with Gasteiger partial charge in [-0.2, -0.15) is 0 Å². The van der Waals surface area contributed by atoms with E-state index in [2.05, 4.69) is 10.6 Å². The Kier molecular flexibility index (Phi) is 5.17. The van der Waals surface area contributed by atoms with Crippen molar-refractivity contribution in [2.24, 2.45) is 0 Å². The second-order valence-corrected chi connectivity index (χ2v) is 4.35. The van der Waals surface area contributed by atoms with Gasteiger partial charge in [-0.3, -0.25) is 9.59 Å². The molecular formula is C13H19N3O2. The zero-order valence-corrected chi connectivity index (χ0v) is 10.7. The van der Waals surface area contributed by atoms with Gasteiger partial charge in [-0.15, -0.1) is 0 Å². The molecule has 98 valence electrons. The molecule has 0 saturated heterocycles. The molecule has 5 heteroatoms. The molecule has 1 rings (SSSR count). The lowest BCUT2D eigenvalue weighted by Crippen LogP contribution is -2.34. The van der Waals surface area contributed by atoms with Gasteiger partial charge in [-0.1, -0.05) is 6.07 Å². The number of carbonyl (C=O) groups is 2. The van der Waals surface area contributed by atoms with Crippen LogP contribution in [0.1, 0.15) is 30.6 Å². The first kappa shape index (κ1) is 14.0. The molecule has 0 unspecified atom stereocenters. The Balaban J connectivity index is 2.36. The number of rotatable bonds is 5. The number of carbonyl (C=O) groups excluding carboxylic acids is 2. The normalized spacial score (nSPS) is 10.2. The third-order valence-electron chi connectivity index (χ3n) is 2.24. The topological polar surface area (TPSA) is 84.2 Å². The highest BCUT2D eigenvalue weighted by Crippen LogP contribution is 2.05. The van der Waals surface area contributed by atoms with Crippen molar-refractivity contribution in [3.05, 3.63) is 29.8 Å². The molecule has 2 amide bonds. The average Bonchev–Trinajstić information content (AvgIpc) is 2.27. The minimum Gasteiger partial charge on any atom is -0.399 e. The van der Waals surface area contributed by atoms with Gasteiger partial charge in [0.15, 0.2) is 0 Å². The molecule has 4 N–H and O–H groups in total. The molecule has 0 saturated carbocycles. The molecule has 0 bridgehead atoms. The second-order valence-electron chi connectivity index (χ2n) is 4.35. The molecule has 0 spiro atoms. The van der Waals surface area contributed by atoms with Crippen LogP contribution in [-0.2, 0) is 4.79 Å². The number of nitrogen functional groups attached to an aromatic ring is 1. The molecule has 0 aliphatic rings. The molecule has 0 aromatic heterocycles. The zero-order valence-electron chi connectivity index (χ0n) is 10.7. The molecule has 0 aliphatic carbocycles. The Bertz CT molecular complexity index is 430. The van der Waals surface area contributed by atoms with Crippen molar-refractivity contribution in [3.8, 4) is 0 Å². The number of anilines is 1. The summed E-state index contributed by atoms with van der Waals surface area (Å²) in [7, 11) is 0. The number of nitrogens with two attached hydrogens (primary N) is 1. The van der Waals surface area contributed by atoms with Crippen LogP contribution in [0.4, 0.5) is 5.69 Å². The molecule has 1 aromatic carbocycles. The fraction of sp³-hybridized carbons (Fsp3) is 0.385. The maximum atomic E-state index is 11.7. The predicted octanol–water partition coefficient (Wildman–Crippen LogP) is 0.913. The van der Waals surface area contributed by atoms with Crippen LogP contribution in [0.25, 0.3) is 0 Å². The fourth-order valence-corrected chi connectivity index (χ4v) is 1.47. The molecule has 0 fully saturated rings. The number of hydrogen-bond acceptors (Lipinski definition) is 3. The highest BCUT2D eigenvalue weighted by molar-refractivity contribution is 5.95. The summed E-state index contributed by atoms with van der Waals surface area (Å²) >= 11 is 0. The molecule has 0 radical (unpaired) electrons. The summed E-state index contributed by atoms with van der Waals surface area (Å²) in [5.41, 5.74) is 6.63. The van der Waals surface area contributed by atoms with E-state index >= 15 is 0 Å². The van der Waals surface area contributed by atoms with Crippen LogP contribution < -0.4 is 16.4 Å². The molecule has 18 heavy (non-hydrogen) atoms. The van der Waals surface area contributed by atoms with E-state index in [9.17, 15) is 9.59 Å². The number of amides is 2. The quantitative estimate of drug-likeness (QED) is 0.678. The number of hydrogen-bond donors (Lipinski definition) is 3. The van der Waals surface area contributed by atoms with E-state index in [0.717, 1.165) is 0 Å². The van der Waals surface area contributed by atoms with E-state index in [1.54, 1.807) is 24.3 Å². The van der Waals surface area contributed by atoms with Gasteiger partial charge in [-0.25, -0.2) is 0 Å². The maximum absolute atomic E-state index is 11.7. The van der Waals surface area contributed by atoms with Crippen LogP contribution in [0.15, 0.2) is 24.3 Å². The molecule has 1 aromatic rings. The zero-order chi connectivity index (χ0) is 13.5. The number of benzene rings is 1. The summed E-state index contributed by atoms with van der Waals surface area (Å²) in [4.78, 5) is 23.0. The van der Waals surface area contributed by atoms with Crippen molar-refractivity contribution in [3.63, 3.8) is 0 Å². The van der Waals surface area contributed by atoms with E-state index in [0.29, 0.717) is 17.8 Å². The number of nitrogens with one attached hydrogen (secondary N) is 2. The van der Waals surface area contributed by atoms with Gasteiger partial charge in [0.2, 0.25) is 5.91 Å². The highest BCUT2D eigenvalue weighted by Gasteiger charge is 2.07. The van der Waals surface area contributed by atoms with E-state index in [1.807, 2.05) is 13.8 Å². The van der Waals surface area contributed by atoms with Crippen LogP contribution in [0.2, 0.25) is 0 Å². The standard InChI is InChI=1S/C13H19N3O2/c1-9(2)16-12(17)6-7-15-13(18)10-4-3-5-11(14)8-10/h3-5,8-9H,6-7,14H2,1-2H3,(H,15,18)(H,16,17). The third kappa shape index (κ3) is 4.86. The van der Waals surface area contributed by atoms with E-state index in [4.69, 9.17) is 5.73 Å². The second kappa shape index (κ2) is 6.64. The molecule has 0 aliphatic heterocycles. The van der Waals surface area contributed by atoms with Gasteiger partial charge in [0.1, 0.15) is 0 Å². The molecule has 0 atom stereocenters. The summed E-state index contributed by atoms with van der Waals surface area (Å²) in [5.74, 6) is -0.294. The van der Waals surface area contributed by atoms with E-state index < -0.39 is 0 Å². The lowest BCUT2D eigenvalue weighted by Gasteiger charge is -2.09. The van der Waals surface area contributed by atoms with Crippen molar-refractivity contribution >= 4 is 17.5 Å². The van der Waals surface area contributed by atoms with Crippen molar-refractivity contribution in [1.82, 2.24) is 10.6 Å². The minimum absolute atomic E-state index is 0.0714. The van der Waals surface area contributed by atoms with Gasteiger partial charge in [0, 0.05) is 30.3 Å². The summed E-state index contributed by atoms with van der Waals surface area (Å²) in [6, 6.07) is 6.83. The Labute approximate surface area is 107 Å². The van der Waals surface area contributed by atoms with Crippen LogP contribution in [0, 0.1) is 0 Å². The largest absolute Gasteiger partial charge is 0.399 e. The Morgan fingerprint density at radius 2 is 2.06 bits per heavy atom. The van der Waals surface area contributed by atoms with Gasteiger partial charge < -0.3 is 16.4 Å². The summed E-state index contributed by atoms with van der Waals surface area (Å²) in [5, 5.41) is 5.43. The monoisotopic (exact) mass is 249 g/mol. The molecule has 5 nitrogen and oxygen atoms in total. The lowest BCUT2D eigenvalue weighted by atomic mass is 10.2. The van der Waals surface area contributed by atoms with E-state index in [-0.39, 0.29) is 24.3 Å². The Morgan fingerprint density at radius 3 is 2.67 bits per heavy atom. The minimum atomic E-state index is -0.223. The summed E-state index contributed by atoms with van der Waals surface area (Å²) < 4.78 is 0. The lowest BCUT2D eigenvalue weighted by molar-refractivity contribution is -0.121. The first-order chi connectivity index (χ1) is 8.49. The van der Waals surface area contributed by atoms with Crippen molar-refractivity contribution in [2.45, 2.75) is 26.3 Å². The van der Waals surface area contributed by atoms with E-state index in [1.165, 1.54) is 0 Å². The summed E-state index contributed by atoms with van der Waals surface area (Å²) in [6.07, 6.45) is 0.270. The maximum Gasteiger partial charge on any atom is 0.251 e. The van der Waals surface area contributed by atoms with Gasteiger partial charge in [-0.05, 0) is 32.0 Å². The van der Waals surface area contributed by atoms with Gasteiger partial charge in [0.05, 0.1) is 0 Å². The van der Waals surface area contributed by atoms with Crippen LogP contribution in [0.5, 0.6) is 0 Å². The van der Waals surface area contributed by atoms with Gasteiger partial charge in [0.25, 0.3) is 5.91 Å². The summed E-state index contributed by atoms with van der Waals surface area (Å²) in [6.45, 7) is 4.10. The third-order valence-corrected chi connectivity index (χ3v) is 2.24. The highest BCUT2D eigenvalue weighted by atomic mass is 16.2. The smallest absolute Gasteiger partial charge is 0.251 e. The molecular weight excluding hydrogens is 230 g/mol. The SMILES string of the molecule is CC(C)NC(=O)CCNC(=O)c1cccc(N)c1. The van der Waals surface area contributed by atoms with Crippen molar-refractivity contribution < 1.29 is 9.59 Å². The van der Waals surface area contributed by atoms with Crippen LogP contribution in [0.3, 0.4) is 0 Å². The predicted molar refractivity (Wildman–Crippen MR) is 71.1 cm³/mol. The van der Waals surface area contributed by atoms with Crippen LogP contribution in [-0.4, -0.2) is 24.4 Å². The Morgan fingerprint density at radius 1 is 1.33 bits per heavy atom.